The highest BCUT2D eigenvalue weighted by molar-refractivity contribution is 5.89. The number of esters is 1. The average molecular weight is 308 g/mol. The summed E-state index contributed by atoms with van der Waals surface area (Å²) in [4.78, 5) is 11.5. The first-order valence-corrected chi connectivity index (χ1v) is 6.12. The van der Waals surface area contributed by atoms with Crippen LogP contribution in [0.15, 0.2) is 11.5 Å². The standard InChI is InChI=1S/C11H16O10/c12-1-3(13)8-7(17)9(10(18)20-8)21-11-6(16)5(15)4(14)2-19-11/h3-6,8,11-17H,1-2H2/t3-,4+,5-,6-,8+,11-/m0/s1. The van der Waals surface area contributed by atoms with E-state index in [-0.39, 0.29) is 6.61 Å². The zero-order valence-electron chi connectivity index (χ0n) is 10.7. The summed E-state index contributed by atoms with van der Waals surface area (Å²) in [5.41, 5.74) is 0. The van der Waals surface area contributed by atoms with Crippen LogP contribution < -0.4 is 0 Å². The van der Waals surface area contributed by atoms with E-state index in [2.05, 4.69) is 4.74 Å². The molecule has 0 unspecified atom stereocenters. The maximum absolute atomic E-state index is 11.5. The fourth-order valence-electron chi connectivity index (χ4n) is 1.92. The minimum Gasteiger partial charge on any atom is -0.505 e. The smallest absolute Gasteiger partial charge is 0.378 e. The van der Waals surface area contributed by atoms with E-state index in [9.17, 15) is 30.3 Å². The number of aliphatic hydroxyl groups is 6. The van der Waals surface area contributed by atoms with E-state index in [1.807, 2.05) is 0 Å². The number of carbonyl (C=O) groups is 1. The normalized spacial score (nSPS) is 38.3. The average Bonchev–Trinajstić information content (AvgIpc) is 2.74. The first-order valence-electron chi connectivity index (χ1n) is 6.12. The molecule has 2 heterocycles. The lowest BCUT2D eigenvalue weighted by molar-refractivity contribution is -0.258. The summed E-state index contributed by atoms with van der Waals surface area (Å²) in [5.74, 6) is -2.60. The van der Waals surface area contributed by atoms with Gasteiger partial charge in [0.25, 0.3) is 0 Å². The van der Waals surface area contributed by atoms with Crippen LogP contribution in [0.4, 0.5) is 0 Å². The zero-order chi connectivity index (χ0) is 15.7. The molecule has 6 atom stereocenters. The van der Waals surface area contributed by atoms with Crippen LogP contribution in [-0.2, 0) is 19.0 Å². The van der Waals surface area contributed by atoms with Crippen molar-refractivity contribution in [1.29, 1.82) is 0 Å². The van der Waals surface area contributed by atoms with E-state index in [0.29, 0.717) is 0 Å². The molecular weight excluding hydrogens is 292 g/mol. The van der Waals surface area contributed by atoms with Crippen molar-refractivity contribution >= 4 is 5.97 Å². The molecule has 0 aromatic carbocycles. The van der Waals surface area contributed by atoms with Crippen LogP contribution in [0.3, 0.4) is 0 Å². The van der Waals surface area contributed by atoms with Crippen LogP contribution in [-0.4, -0.2) is 86.6 Å². The van der Waals surface area contributed by atoms with Crippen LogP contribution in [0.5, 0.6) is 0 Å². The SMILES string of the molecule is O=C1O[C@H]([C@@H](O)CO)C(O)=C1O[C@@H]1OC[C@@H](O)[C@H](O)[C@@H]1O. The third-order valence-corrected chi connectivity index (χ3v) is 3.15. The van der Waals surface area contributed by atoms with Crippen LogP contribution in [0, 0.1) is 0 Å². The van der Waals surface area contributed by atoms with E-state index >= 15 is 0 Å². The van der Waals surface area contributed by atoms with Crippen molar-refractivity contribution in [1.82, 2.24) is 0 Å². The summed E-state index contributed by atoms with van der Waals surface area (Å²) in [7, 11) is 0. The molecule has 21 heavy (non-hydrogen) atoms. The van der Waals surface area contributed by atoms with Gasteiger partial charge in [0, 0.05) is 0 Å². The number of carbonyl (C=O) groups excluding carboxylic acids is 1. The Morgan fingerprint density at radius 2 is 1.95 bits per heavy atom. The van der Waals surface area contributed by atoms with Gasteiger partial charge in [0.05, 0.1) is 13.2 Å². The van der Waals surface area contributed by atoms with Gasteiger partial charge in [-0.15, -0.1) is 0 Å². The molecule has 1 saturated heterocycles. The van der Waals surface area contributed by atoms with Gasteiger partial charge in [0.1, 0.15) is 24.4 Å². The molecule has 0 spiro atoms. The van der Waals surface area contributed by atoms with Crippen LogP contribution in [0.1, 0.15) is 0 Å². The minimum atomic E-state index is -1.66. The van der Waals surface area contributed by atoms with Gasteiger partial charge in [-0.25, -0.2) is 4.79 Å². The largest absolute Gasteiger partial charge is 0.505 e. The number of rotatable bonds is 4. The maximum Gasteiger partial charge on any atom is 0.378 e. The molecular formula is C11H16O10. The number of cyclic esters (lactones) is 1. The van der Waals surface area contributed by atoms with Crippen molar-refractivity contribution < 1.29 is 49.6 Å². The summed E-state index contributed by atoms with van der Waals surface area (Å²) in [6.07, 6.45) is -9.08. The van der Waals surface area contributed by atoms with Crippen LogP contribution in [0.25, 0.3) is 0 Å². The van der Waals surface area contributed by atoms with E-state index in [1.54, 1.807) is 0 Å². The number of ether oxygens (including phenoxy) is 3. The van der Waals surface area contributed by atoms with Crippen LogP contribution in [0.2, 0.25) is 0 Å². The number of hydrogen-bond acceptors (Lipinski definition) is 10. The van der Waals surface area contributed by atoms with Gasteiger partial charge in [-0.2, -0.15) is 0 Å². The molecule has 0 aromatic rings. The van der Waals surface area contributed by atoms with Gasteiger partial charge in [-0.3, -0.25) is 0 Å². The Labute approximate surface area is 118 Å². The lowest BCUT2D eigenvalue weighted by Gasteiger charge is -2.34. The Balaban J connectivity index is 2.11. The lowest BCUT2D eigenvalue weighted by Crippen LogP contribution is -2.53. The Hall–Kier alpha value is -1.43. The molecule has 0 bridgehead atoms. The Kier molecular flexibility index (Phi) is 4.66. The highest BCUT2D eigenvalue weighted by atomic mass is 16.7. The molecule has 0 radical (unpaired) electrons. The van der Waals surface area contributed by atoms with Gasteiger partial charge >= 0.3 is 5.97 Å². The molecule has 10 nitrogen and oxygen atoms in total. The first kappa shape index (κ1) is 15.9. The highest BCUT2D eigenvalue weighted by Gasteiger charge is 2.45. The Bertz CT molecular complexity index is 435. The molecule has 6 N–H and O–H groups in total. The fraction of sp³-hybridized carbons (Fsp3) is 0.727. The van der Waals surface area contributed by atoms with Crippen molar-refractivity contribution in [3.8, 4) is 0 Å². The van der Waals surface area contributed by atoms with E-state index in [0.717, 1.165) is 0 Å². The van der Waals surface area contributed by atoms with E-state index < -0.39 is 60.9 Å². The third kappa shape index (κ3) is 2.95. The monoisotopic (exact) mass is 308 g/mol. The summed E-state index contributed by atoms with van der Waals surface area (Å²) >= 11 is 0. The molecule has 10 heteroatoms. The van der Waals surface area contributed by atoms with Gasteiger partial charge in [0.2, 0.25) is 12.0 Å². The second kappa shape index (κ2) is 6.13. The maximum atomic E-state index is 11.5. The predicted octanol–water partition coefficient (Wildman–Crippen LogP) is -3.51. The second-order valence-electron chi connectivity index (χ2n) is 4.66. The van der Waals surface area contributed by atoms with Gasteiger partial charge in [-0.05, 0) is 0 Å². The molecule has 0 amide bonds. The number of hydrogen-bond donors (Lipinski definition) is 6. The molecule has 2 rings (SSSR count). The van der Waals surface area contributed by atoms with Gasteiger partial charge < -0.3 is 44.8 Å². The summed E-state index contributed by atoms with van der Waals surface area (Å²) < 4.78 is 14.5. The molecule has 120 valence electrons. The molecule has 0 aliphatic carbocycles. The quantitative estimate of drug-likeness (QED) is 0.287. The molecule has 2 aliphatic rings. The second-order valence-corrected chi connectivity index (χ2v) is 4.66. The van der Waals surface area contributed by atoms with Gasteiger partial charge in [0.15, 0.2) is 11.9 Å². The topological polar surface area (TPSA) is 166 Å². The molecule has 0 aromatic heterocycles. The van der Waals surface area contributed by atoms with Crippen molar-refractivity contribution in [2.75, 3.05) is 13.2 Å². The zero-order valence-corrected chi connectivity index (χ0v) is 10.7. The summed E-state index contributed by atoms with van der Waals surface area (Å²) in [6.45, 7) is -1.11. The molecule has 0 saturated carbocycles. The first-order chi connectivity index (χ1) is 9.86. The van der Waals surface area contributed by atoms with Crippen molar-refractivity contribution in [2.24, 2.45) is 0 Å². The van der Waals surface area contributed by atoms with E-state index in [1.165, 1.54) is 0 Å². The van der Waals surface area contributed by atoms with Crippen molar-refractivity contribution in [3.05, 3.63) is 11.5 Å². The molecule has 1 fully saturated rings. The molecule has 2 aliphatic heterocycles. The Morgan fingerprint density at radius 3 is 2.57 bits per heavy atom. The number of aliphatic hydroxyl groups excluding tert-OH is 6. The predicted molar refractivity (Wildman–Crippen MR) is 61.5 cm³/mol. The highest BCUT2D eigenvalue weighted by Crippen LogP contribution is 2.27. The van der Waals surface area contributed by atoms with E-state index in [4.69, 9.17) is 14.6 Å². The summed E-state index contributed by atoms with van der Waals surface area (Å²) in [6, 6.07) is 0. The lowest BCUT2D eigenvalue weighted by atomic mass is 10.1. The Morgan fingerprint density at radius 1 is 1.29 bits per heavy atom. The minimum absolute atomic E-state index is 0.353. The summed E-state index contributed by atoms with van der Waals surface area (Å²) in [5, 5.41) is 56.3. The van der Waals surface area contributed by atoms with Crippen molar-refractivity contribution in [3.63, 3.8) is 0 Å². The third-order valence-electron chi connectivity index (χ3n) is 3.15. The van der Waals surface area contributed by atoms with Gasteiger partial charge in [-0.1, -0.05) is 0 Å². The van der Waals surface area contributed by atoms with Crippen molar-refractivity contribution in [2.45, 2.75) is 36.8 Å². The van der Waals surface area contributed by atoms with Crippen LogP contribution >= 0.6 is 0 Å². The fourth-order valence-corrected chi connectivity index (χ4v) is 1.92.